The minimum Gasteiger partial charge on any atom is -0.467 e. The monoisotopic (exact) mass is 336 g/mol. The first kappa shape index (κ1) is 15.4. The number of aromatic nitrogens is 2. The SMILES string of the molecule is COC(=O)[C@@H]1C=C[C@@H](C)n2c(=O)c3cc4ccccc4cc3c(=O)n21. The number of hydrogen-bond donors (Lipinski definition) is 0. The predicted molar refractivity (Wildman–Crippen MR) is 94.9 cm³/mol. The van der Waals surface area contributed by atoms with Crippen LogP contribution >= 0.6 is 0 Å². The summed E-state index contributed by atoms with van der Waals surface area (Å²) < 4.78 is 7.33. The van der Waals surface area contributed by atoms with Crippen LogP contribution in [0.2, 0.25) is 0 Å². The number of hydrogen-bond acceptors (Lipinski definition) is 4. The second-order valence-electron chi connectivity index (χ2n) is 6.14. The summed E-state index contributed by atoms with van der Waals surface area (Å²) >= 11 is 0. The molecular formula is C19H16N2O4. The van der Waals surface area contributed by atoms with Gasteiger partial charge in [-0.15, -0.1) is 0 Å². The molecular weight excluding hydrogens is 320 g/mol. The molecule has 4 rings (SSSR count). The molecule has 0 unspecified atom stereocenters. The van der Waals surface area contributed by atoms with Crippen LogP contribution in [0, 0.1) is 0 Å². The minimum atomic E-state index is -0.947. The van der Waals surface area contributed by atoms with E-state index >= 15 is 0 Å². The maximum absolute atomic E-state index is 13.1. The van der Waals surface area contributed by atoms with E-state index in [1.165, 1.54) is 16.5 Å². The standard InChI is InChI=1S/C19H16N2O4/c1-11-7-8-16(19(24)25-2)21-18(23)15-10-13-6-4-3-5-12(13)9-14(15)17(22)20(11)21/h3-11,16H,1-2H3/t11-,16+/m1/s1. The van der Waals surface area contributed by atoms with Gasteiger partial charge in [-0.1, -0.05) is 36.4 Å². The quantitative estimate of drug-likeness (QED) is 0.388. The minimum absolute atomic E-state index is 0.300. The van der Waals surface area contributed by atoms with Gasteiger partial charge in [-0.3, -0.25) is 9.59 Å². The molecule has 0 bridgehead atoms. The Bertz CT molecular complexity index is 1170. The molecule has 0 saturated heterocycles. The van der Waals surface area contributed by atoms with Crippen LogP contribution < -0.4 is 11.1 Å². The smallest absolute Gasteiger partial charge is 0.334 e. The highest BCUT2D eigenvalue weighted by Gasteiger charge is 2.29. The van der Waals surface area contributed by atoms with Crippen LogP contribution in [-0.2, 0) is 9.53 Å². The van der Waals surface area contributed by atoms with Crippen LogP contribution in [0.15, 0.2) is 58.1 Å². The summed E-state index contributed by atoms with van der Waals surface area (Å²) in [4.78, 5) is 38.3. The Hall–Kier alpha value is -3.15. The molecule has 2 heterocycles. The molecule has 126 valence electrons. The van der Waals surface area contributed by atoms with Gasteiger partial charge in [0.15, 0.2) is 6.04 Å². The van der Waals surface area contributed by atoms with Crippen molar-refractivity contribution in [2.24, 2.45) is 0 Å². The van der Waals surface area contributed by atoms with E-state index in [1.807, 2.05) is 24.3 Å². The van der Waals surface area contributed by atoms with Crippen molar-refractivity contribution < 1.29 is 9.53 Å². The van der Waals surface area contributed by atoms with Crippen molar-refractivity contribution in [2.45, 2.75) is 19.0 Å². The molecule has 0 aliphatic carbocycles. The van der Waals surface area contributed by atoms with Crippen LogP contribution in [0.1, 0.15) is 19.0 Å². The fourth-order valence-corrected chi connectivity index (χ4v) is 3.41. The highest BCUT2D eigenvalue weighted by Crippen LogP contribution is 2.23. The van der Waals surface area contributed by atoms with Gasteiger partial charge < -0.3 is 4.74 Å². The molecule has 0 N–H and O–H groups in total. The molecule has 0 spiro atoms. The number of rotatable bonds is 1. The van der Waals surface area contributed by atoms with Gasteiger partial charge in [0.25, 0.3) is 11.1 Å². The molecule has 2 aromatic carbocycles. The zero-order chi connectivity index (χ0) is 17.7. The number of ether oxygens (including phenoxy) is 1. The first-order valence-electron chi connectivity index (χ1n) is 7.99. The van der Waals surface area contributed by atoms with Crippen LogP contribution in [0.3, 0.4) is 0 Å². The summed E-state index contributed by atoms with van der Waals surface area (Å²) in [7, 11) is 1.26. The number of methoxy groups -OCH3 is 1. The van der Waals surface area contributed by atoms with E-state index in [1.54, 1.807) is 31.2 Å². The fraction of sp³-hybridized carbons (Fsp3) is 0.211. The van der Waals surface area contributed by atoms with Crippen LogP contribution in [-0.4, -0.2) is 22.4 Å². The topological polar surface area (TPSA) is 70.3 Å². The van der Waals surface area contributed by atoms with E-state index in [4.69, 9.17) is 4.74 Å². The van der Waals surface area contributed by atoms with E-state index in [9.17, 15) is 14.4 Å². The van der Waals surface area contributed by atoms with Crippen molar-refractivity contribution in [3.8, 4) is 0 Å². The van der Waals surface area contributed by atoms with E-state index < -0.39 is 12.0 Å². The lowest BCUT2D eigenvalue weighted by Crippen LogP contribution is -2.45. The van der Waals surface area contributed by atoms with Gasteiger partial charge in [-0.2, -0.15) is 0 Å². The normalized spacial score (nSPS) is 19.1. The molecule has 6 heteroatoms. The highest BCUT2D eigenvalue weighted by molar-refractivity contribution is 5.97. The van der Waals surface area contributed by atoms with Crippen molar-refractivity contribution in [3.63, 3.8) is 0 Å². The second-order valence-corrected chi connectivity index (χ2v) is 6.14. The first-order chi connectivity index (χ1) is 12.0. The molecule has 25 heavy (non-hydrogen) atoms. The summed E-state index contributed by atoms with van der Waals surface area (Å²) in [5.41, 5.74) is -0.682. The largest absolute Gasteiger partial charge is 0.467 e. The summed E-state index contributed by atoms with van der Waals surface area (Å²) in [6.07, 6.45) is 3.33. The average molecular weight is 336 g/mol. The Kier molecular flexibility index (Phi) is 3.35. The Morgan fingerprint density at radius 3 is 2.08 bits per heavy atom. The number of benzene rings is 2. The van der Waals surface area contributed by atoms with Crippen molar-refractivity contribution in [1.82, 2.24) is 9.36 Å². The molecule has 0 amide bonds. The number of esters is 1. The molecule has 1 aliphatic rings. The lowest BCUT2D eigenvalue weighted by molar-refractivity contribution is -0.143. The molecule has 6 nitrogen and oxygen atoms in total. The fourth-order valence-electron chi connectivity index (χ4n) is 3.41. The molecule has 2 atom stereocenters. The average Bonchev–Trinajstić information content (AvgIpc) is 2.64. The molecule has 0 saturated carbocycles. The molecule has 3 aromatic rings. The summed E-state index contributed by atoms with van der Waals surface area (Å²) in [6.45, 7) is 1.80. The maximum atomic E-state index is 13.1. The van der Waals surface area contributed by atoms with Crippen molar-refractivity contribution >= 4 is 27.5 Å². The lowest BCUT2D eigenvalue weighted by Gasteiger charge is -2.27. The summed E-state index contributed by atoms with van der Waals surface area (Å²) in [5, 5.41) is 2.41. The van der Waals surface area contributed by atoms with Gasteiger partial charge in [0.05, 0.1) is 23.9 Å². The van der Waals surface area contributed by atoms with Gasteiger partial charge in [-0.05, 0) is 29.8 Å². The van der Waals surface area contributed by atoms with Gasteiger partial charge in [-0.25, -0.2) is 14.2 Å². The third-order valence-electron chi connectivity index (χ3n) is 4.66. The van der Waals surface area contributed by atoms with E-state index in [-0.39, 0.29) is 17.2 Å². The van der Waals surface area contributed by atoms with E-state index in [0.29, 0.717) is 10.8 Å². The molecule has 1 aliphatic heterocycles. The Morgan fingerprint density at radius 1 is 0.960 bits per heavy atom. The summed E-state index contributed by atoms with van der Waals surface area (Å²) in [5.74, 6) is -0.585. The van der Waals surface area contributed by atoms with Gasteiger partial charge in [0, 0.05) is 0 Å². The number of carbonyl (C=O) groups is 1. The maximum Gasteiger partial charge on any atom is 0.334 e. The lowest BCUT2D eigenvalue weighted by atomic mass is 10.0. The first-order valence-corrected chi connectivity index (χ1v) is 7.99. The van der Waals surface area contributed by atoms with Crippen molar-refractivity contribution in [3.05, 3.63) is 69.3 Å². The highest BCUT2D eigenvalue weighted by atomic mass is 16.5. The van der Waals surface area contributed by atoms with Crippen LogP contribution in [0.4, 0.5) is 0 Å². The third-order valence-corrected chi connectivity index (χ3v) is 4.66. The van der Waals surface area contributed by atoms with Crippen LogP contribution in [0.5, 0.6) is 0 Å². The summed E-state index contributed by atoms with van der Waals surface area (Å²) in [6, 6.07) is 9.70. The number of fused-ring (bicyclic) bond motifs is 3. The molecule has 0 fully saturated rings. The number of allylic oxidation sites excluding steroid dienone is 1. The molecule has 0 radical (unpaired) electrons. The Labute approximate surface area is 142 Å². The van der Waals surface area contributed by atoms with Crippen molar-refractivity contribution in [1.29, 1.82) is 0 Å². The van der Waals surface area contributed by atoms with Gasteiger partial charge >= 0.3 is 5.97 Å². The molecule has 1 aromatic heterocycles. The Balaban J connectivity index is 2.17. The Morgan fingerprint density at radius 2 is 1.52 bits per heavy atom. The van der Waals surface area contributed by atoms with E-state index in [2.05, 4.69) is 0 Å². The second kappa shape index (κ2) is 5.44. The predicted octanol–water partition coefficient (Wildman–Crippen LogP) is 2.16. The number of carbonyl (C=O) groups excluding carboxylic acids is 1. The van der Waals surface area contributed by atoms with E-state index in [0.717, 1.165) is 10.8 Å². The van der Waals surface area contributed by atoms with Gasteiger partial charge in [0.1, 0.15) is 0 Å². The zero-order valence-corrected chi connectivity index (χ0v) is 13.8. The van der Waals surface area contributed by atoms with Crippen molar-refractivity contribution in [2.75, 3.05) is 7.11 Å². The number of nitrogens with zero attached hydrogens (tertiary/aromatic N) is 2. The third kappa shape index (κ3) is 2.14. The van der Waals surface area contributed by atoms with Crippen LogP contribution in [0.25, 0.3) is 21.5 Å². The van der Waals surface area contributed by atoms with Gasteiger partial charge in [0.2, 0.25) is 0 Å². The zero-order valence-electron chi connectivity index (χ0n) is 13.8.